The standard InChI is InChI=1S/C11H11ClO2/c12-4-2-6-9-5-1-3-7(9)11(14-5)8(4)10(3)13-6/h2-3,5-11H,1H2. The van der Waals surface area contributed by atoms with Gasteiger partial charge in [0.1, 0.15) is 0 Å². The van der Waals surface area contributed by atoms with Crippen LogP contribution in [0.2, 0.25) is 0 Å². The average molecular weight is 211 g/mol. The number of ether oxygens (including phenoxy) is 2. The van der Waals surface area contributed by atoms with E-state index >= 15 is 0 Å². The molecule has 5 rings (SSSR count). The molecule has 8 unspecified atom stereocenters. The van der Waals surface area contributed by atoms with E-state index in [0.29, 0.717) is 30.1 Å². The van der Waals surface area contributed by atoms with Crippen molar-refractivity contribution in [3.05, 3.63) is 11.1 Å². The summed E-state index contributed by atoms with van der Waals surface area (Å²) in [6.07, 6.45) is 4.90. The van der Waals surface area contributed by atoms with Crippen LogP contribution in [0.1, 0.15) is 6.42 Å². The Balaban J connectivity index is 1.84. The summed E-state index contributed by atoms with van der Waals surface area (Å²) in [5, 5.41) is 1.02. The molecule has 3 heterocycles. The Labute approximate surface area is 87.2 Å². The third-order valence-corrected chi connectivity index (χ3v) is 5.43. The number of hydrogen-bond acceptors (Lipinski definition) is 2. The normalized spacial score (nSPS) is 70.8. The van der Waals surface area contributed by atoms with Gasteiger partial charge in [-0.25, -0.2) is 0 Å². The number of hydrogen-bond donors (Lipinski definition) is 0. The molecule has 2 saturated heterocycles. The summed E-state index contributed by atoms with van der Waals surface area (Å²) in [4.78, 5) is 0. The second-order valence-corrected chi connectivity index (χ2v) is 5.77. The van der Waals surface area contributed by atoms with Crippen molar-refractivity contribution in [1.29, 1.82) is 0 Å². The van der Waals surface area contributed by atoms with E-state index < -0.39 is 0 Å². The largest absolute Gasteiger partial charge is 0.373 e. The maximum Gasteiger partial charge on any atom is 0.0830 e. The van der Waals surface area contributed by atoms with Crippen molar-refractivity contribution >= 4 is 11.6 Å². The Hall–Kier alpha value is -0.0500. The first-order chi connectivity index (χ1) is 6.84. The van der Waals surface area contributed by atoms with Crippen LogP contribution in [0.5, 0.6) is 0 Å². The lowest BCUT2D eigenvalue weighted by Crippen LogP contribution is -2.41. The highest BCUT2D eigenvalue weighted by molar-refractivity contribution is 6.30. The predicted octanol–water partition coefficient (Wildman–Crippen LogP) is 1.54. The van der Waals surface area contributed by atoms with Crippen molar-refractivity contribution in [2.75, 3.05) is 0 Å². The van der Waals surface area contributed by atoms with E-state index in [1.165, 1.54) is 6.42 Å². The molecule has 0 radical (unpaired) electrons. The molecule has 0 N–H and O–H groups in total. The van der Waals surface area contributed by atoms with E-state index in [1.54, 1.807) is 0 Å². The molecule has 4 fully saturated rings. The Morgan fingerprint density at radius 3 is 3.07 bits per heavy atom. The summed E-state index contributed by atoms with van der Waals surface area (Å²) in [6.45, 7) is 0. The maximum absolute atomic E-state index is 6.32. The summed E-state index contributed by atoms with van der Waals surface area (Å²) in [6, 6.07) is 0. The van der Waals surface area contributed by atoms with Crippen molar-refractivity contribution < 1.29 is 9.47 Å². The lowest BCUT2D eigenvalue weighted by atomic mass is 9.85. The Morgan fingerprint density at radius 1 is 1.21 bits per heavy atom. The first kappa shape index (κ1) is 7.26. The van der Waals surface area contributed by atoms with Gasteiger partial charge in [0.05, 0.1) is 24.4 Å². The maximum atomic E-state index is 6.32. The zero-order chi connectivity index (χ0) is 9.02. The summed E-state index contributed by atoms with van der Waals surface area (Å²) >= 11 is 6.32. The van der Waals surface area contributed by atoms with Gasteiger partial charge in [0, 0.05) is 16.9 Å². The molecule has 14 heavy (non-hydrogen) atoms. The molecule has 2 nitrogen and oxygen atoms in total. The monoisotopic (exact) mass is 210 g/mol. The van der Waals surface area contributed by atoms with Gasteiger partial charge in [0.2, 0.25) is 0 Å². The Bertz CT molecular complexity index is 364. The topological polar surface area (TPSA) is 18.5 Å². The van der Waals surface area contributed by atoms with E-state index in [4.69, 9.17) is 21.1 Å². The van der Waals surface area contributed by atoms with Crippen LogP contribution < -0.4 is 0 Å². The highest BCUT2D eigenvalue weighted by Gasteiger charge is 2.72. The number of fused-ring (bicyclic) bond motifs is 2. The van der Waals surface area contributed by atoms with Crippen molar-refractivity contribution in [3.63, 3.8) is 0 Å². The molecular weight excluding hydrogens is 200 g/mol. The highest BCUT2D eigenvalue weighted by Crippen LogP contribution is 2.67. The molecule has 0 spiro atoms. The quantitative estimate of drug-likeness (QED) is 0.604. The van der Waals surface area contributed by atoms with Crippen LogP contribution in [-0.2, 0) is 9.47 Å². The average Bonchev–Trinajstić information content (AvgIpc) is 2.62. The molecule has 74 valence electrons. The van der Waals surface area contributed by atoms with Gasteiger partial charge in [-0.3, -0.25) is 0 Å². The van der Waals surface area contributed by atoms with E-state index in [-0.39, 0.29) is 6.10 Å². The molecule has 3 heteroatoms. The predicted molar refractivity (Wildman–Crippen MR) is 49.8 cm³/mol. The third-order valence-electron chi connectivity index (χ3n) is 5.05. The Morgan fingerprint density at radius 2 is 2.14 bits per heavy atom. The molecular formula is C11H11ClO2. The number of halogens is 1. The number of rotatable bonds is 0. The van der Waals surface area contributed by atoms with Crippen molar-refractivity contribution in [3.8, 4) is 0 Å². The lowest BCUT2D eigenvalue weighted by Gasteiger charge is -2.37. The van der Waals surface area contributed by atoms with Gasteiger partial charge in [0.25, 0.3) is 0 Å². The second kappa shape index (κ2) is 1.93. The first-order valence-corrected chi connectivity index (χ1v) is 5.90. The molecule has 5 aliphatic rings. The van der Waals surface area contributed by atoms with Crippen molar-refractivity contribution in [2.24, 2.45) is 23.7 Å². The van der Waals surface area contributed by atoms with Crippen molar-refractivity contribution in [1.82, 2.24) is 0 Å². The van der Waals surface area contributed by atoms with Crippen LogP contribution in [0.4, 0.5) is 0 Å². The molecule has 6 bridgehead atoms. The first-order valence-electron chi connectivity index (χ1n) is 5.53. The van der Waals surface area contributed by atoms with Crippen LogP contribution in [0.25, 0.3) is 0 Å². The minimum Gasteiger partial charge on any atom is -0.373 e. The minimum atomic E-state index is 0.269. The third kappa shape index (κ3) is 0.531. The van der Waals surface area contributed by atoms with E-state index in [9.17, 15) is 0 Å². The molecule has 3 aliphatic heterocycles. The SMILES string of the molecule is ClC1=CC2OC3C4CC5OC(C13)C4C25. The van der Waals surface area contributed by atoms with Gasteiger partial charge in [-0.1, -0.05) is 11.6 Å². The minimum absolute atomic E-state index is 0.269. The van der Waals surface area contributed by atoms with Gasteiger partial charge >= 0.3 is 0 Å². The summed E-state index contributed by atoms with van der Waals surface area (Å²) in [7, 11) is 0. The van der Waals surface area contributed by atoms with Crippen LogP contribution in [0.15, 0.2) is 11.1 Å². The summed E-state index contributed by atoms with van der Waals surface area (Å²) in [5.41, 5.74) is 0. The van der Waals surface area contributed by atoms with E-state index in [0.717, 1.165) is 16.9 Å². The fraction of sp³-hybridized carbons (Fsp3) is 0.818. The summed E-state index contributed by atoms with van der Waals surface area (Å²) in [5.74, 6) is 2.52. The Kier molecular flexibility index (Phi) is 1.00. The van der Waals surface area contributed by atoms with Gasteiger partial charge in [-0.2, -0.15) is 0 Å². The fourth-order valence-electron chi connectivity index (χ4n) is 4.77. The van der Waals surface area contributed by atoms with Crippen LogP contribution in [0.3, 0.4) is 0 Å². The smallest absolute Gasteiger partial charge is 0.0830 e. The van der Waals surface area contributed by atoms with Gasteiger partial charge in [0.15, 0.2) is 0 Å². The van der Waals surface area contributed by atoms with Crippen LogP contribution in [0, 0.1) is 23.7 Å². The van der Waals surface area contributed by atoms with Crippen LogP contribution in [-0.4, -0.2) is 24.4 Å². The van der Waals surface area contributed by atoms with Crippen molar-refractivity contribution in [2.45, 2.75) is 30.8 Å². The lowest BCUT2D eigenvalue weighted by molar-refractivity contribution is -0.0943. The zero-order valence-corrected chi connectivity index (χ0v) is 8.35. The molecule has 2 saturated carbocycles. The molecule has 0 aromatic carbocycles. The zero-order valence-electron chi connectivity index (χ0n) is 7.60. The van der Waals surface area contributed by atoms with Gasteiger partial charge in [-0.05, 0) is 24.3 Å². The summed E-state index contributed by atoms with van der Waals surface area (Å²) < 4.78 is 12.2. The molecule has 0 aromatic rings. The van der Waals surface area contributed by atoms with Gasteiger partial charge in [-0.15, -0.1) is 0 Å². The molecule has 8 atom stereocenters. The van der Waals surface area contributed by atoms with E-state index in [2.05, 4.69) is 6.08 Å². The van der Waals surface area contributed by atoms with Crippen LogP contribution >= 0.6 is 11.6 Å². The fourth-order valence-corrected chi connectivity index (χ4v) is 5.14. The van der Waals surface area contributed by atoms with E-state index in [1.807, 2.05) is 0 Å². The second-order valence-electron chi connectivity index (χ2n) is 5.34. The highest BCUT2D eigenvalue weighted by atomic mass is 35.5. The van der Waals surface area contributed by atoms with Gasteiger partial charge < -0.3 is 9.47 Å². The molecule has 0 aromatic heterocycles. The molecule has 2 aliphatic carbocycles. The molecule has 0 amide bonds.